The number of carbonyl (C=O) groups is 1. The van der Waals surface area contributed by atoms with E-state index in [2.05, 4.69) is 0 Å². The van der Waals surface area contributed by atoms with Gasteiger partial charge in [0, 0.05) is 12.8 Å². The molecule has 1 aliphatic rings. The van der Waals surface area contributed by atoms with Crippen molar-refractivity contribution < 1.29 is 13.9 Å². The second kappa shape index (κ2) is 4.64. The second-order valence-electron chi connectivity index (χ2n) is 4.23. The van der Waals surface area contributed by atoms with E-state index >= 15 is 0 Å². The van der Waals surface area contributed by atoms with E-state index in [1.165, 1.54) is 13.2 Å². The molecule has 1 aliphatic carbocycles. The molecule has 0 saturated heterocycles. The van der Waals surface area contributed by atoms with E-state index in [1.807, 2.05) is 6.07 Å². The fourth-order valence-corrected chi connectivity index (χ4v) is 2.25. The molecule has 0 aliphatic heterocycles. The minimum atomic E-state index is -0.349. The molecule has 0 bridgehead atoms. The summed E-state index contributed by atoms with van der Waals surface area (Å²) in [6.07, 6.45) is 3.11. The third-order valence-electron chi connectivity index (χ3n) is 3.13. The van der Waals surface area contributed by atoms with E-state index in [1.54, 1.807) is 6.07 Å². The minimum Gasteiger partial charge on any atom is -0.494 e. The number of ketones is 1. The molecule has 3 heteroatoms. The molecular formula is C13H15FO2. The summed E-state index contributed by atoms with van der Waals surface area (Å²) in [5.74, 6) is 0.373. The molecule has 1 saturated carbocycles. The van der Waals surface area contributed by atoms with Gasteiger partial charge in [-0.2, -0.15) is 0 Å². The van der Waals surface area contributed by atoms with Gasteiger partial charge in [-0.1, -0.05) is 6.07 Å². The molecule has 16 heavy (non-hydrogen) atoms. The summed E-state index contributed by atoms with van der Waals surface area (Å²) >= 11 is 0. The van der Waals surface area contributed by atoms with E-state index < -0.39 is 0 Å². The topological polar surface area (TPSA) is 26.3 Å². The predicted molar refractivity (Wildman–Crippen MR) is 59.2 cm³/mol. The molecule has 1 aromatic carbocycles. The van der Waals surface area contributed by atoms with Crippen LogP contribution in [0.1, 0.15) is 37.2 Å². The molecule has 0 N–H and O–H groups in total. The molecule has 2 rings (SSSR count). The Balaban J connectivity index is 2.20. The molecule has 1 atom stereocenters. The highest BCUT2D eigenvalue weighted by molar-refractivity contribution is 5.80. The summed E-state index contributed by atoms with van der Waals surface area (Å²) in [4.78, 5) is 11.3. The molecule has 0 radical (unpaired) electrons. The Morgan fingerprint density at radius 1 is 1.44 bits per heavy atom. The number of rotatable bonds is 2. The quantitative estimate of drug-likeness (QED) is 0.768. The number of hydrogen-bond donors (Lipinski definition) is 0. The van der Waals surface area contributed by atoms with Crippen LogP contribution in [0.4, 0.5) is 4.39 Å². The van der Waals surface area contributed by atoms with Crippen LogP contribution in [-0.2, 0) is 4.79 Å². The molecule has 0 amide bonds. The number of hydrogen-bond acceptors (Lipinski definition) is 2. The summed E-state index contributed by atoms with van der Waals surface area (Å²) in [5, 5.41) is 0. The zero-order chi connectivity index (χ0) is 11.5. The SMILES string of the molecule is COc1ccc(C2CCCC(=O)C2)cc1F. The van der Waals surface area contributed by atoms with Gasteiger partial charge in [0.2, 0.25) is 0 Å². The van der Waals surface area contributed by atoms with Crippen LogP contribution in [0.2, 0.25) is 0 Å². The van der Waals surface area contributed by atoms with Crippen LogP contribution in [-0.4, -0.2) is 12.9 Å². The maximum Gasteiger partial charge on any atom is 0.165 e. The maximum atomic E-state index is 13.5. The molecule has 1 fully saturated rings. The lowest BCUT2D eigenvalue weighted by Gasteiger charge is -2.21. The molecule has 0 heterocycles. The smallest absolute Gasteiger partial charge is 0.165 e. The van der Waals surface area contributed by atoms with Gasteiger partial charge in [0.05, 0.1) is 7.11 Å². The number of carbonyl (C=O) groups excluding carboxylic acids is 1. The summed E-state index contributed by atoms with van der Waals surface area (Å²) in [6.45, 7) is 0. The van der Waals surface area contributed by atoms with Crippen LogP contribution in [0.25, 0.3) is 0 Å². The van der Waals surface area contributed by atoms with Crippen molar-refractivity contribution in [3.63, 3.8) is 0 Å². The van der Waals surface area contributed by atoms with Gasteiger partial charge in [0.1, 0.15) is 5.78 Å². The Bertz CT molecular complexity index is 401. The van der Waals surface area contributed by atoms with Gasteiger partial charge in [-0.15, -0.1) is 0 Å². The number of benzene rings is 1. The van der Waals surface area contributed by atoms with Crippen LogP contribution in [0.5, 0.6) is 5.75 Å². The van der Waals surface area contributed by atoms with E-state index in [0.29, 0.717) is 12.8 Å². The molecule has 2 nitrogen and oxygen atoms in total. The van der Waals surface area contributed by atoms with Gasteiger partial charge in [-0.25, -0.2) is 4.39 Å². The Morgan fingerprint density at radius 3 is 2.88 bits per heavy atom. The predicted octanol–water partition coefficient (Wildman–Crippen LogP) is 3.06. The van der Waals surface area contributed by atoms with Crippen molar-refractivity contribution in [1.82, 2.24) is 0 Å². The fourth-order valence-electron chi connectivity index (χ4n) is 2.25. The van der Waals surface area contributed by atoms with Crippen LogP contribution in [0, 0.1) is 5.82 Å². The summed E-state index contributed by atoms with van der Waals surface area (Å²) in [5.41, 5.74) is 0.909. The highest BCUT2D eigenvalue weighted by Crippen LogP contribution is 2.32. The van der Waals surface area contributed by atoms with Gasteiger partial charge < -0.3 is 4.74 Å². The highest BCUT2D eigenvalue weighted by Gasteiger charge is 2.21. The zero-order valence-electron chi connectivity index (χ0n) is 9.33. The van der Waals surface area contributed by atoms with Gasteiger partial charge in [0.25, 0.3) is 0 Å². The summed E-state index contributed by atoms with van der Waals surface area (Å²) in [6, 6.07) is 4.97. The standard InChI is InChI=1S/C13H15FO2/c1-16-13-6-5-10(8-12(13)14)9-3-2-4-11(15)7-9/h5-6,8-9H,2-4,7H2,1H3. The monoisotopic (exact) mass is 222 g/mol. The number of methoxy groups -OCH3 is 1. The first-order chi connectivity index (χ1) is 7.70. The molecular weight excluding hydrogens is 207 g/mol. The Kier molecular flexibility index (Phi) is 3.22. The Hall–Kier alpha value is -1.38. The largest absolute Gasteiger partial charge is 0.494 e. The van der Waals surface area contributed by atoms with Crippen LogP contribution >= 0.6 is 0 Å². The number of halogens is 1. The number of Topliss-reactive ketones (excluding diaryl/α,β-unsaturated/α-hetero) is 1. The summed E-state index contributed by atoms with van der Waals surface area (Å²) in [7, 11) is 1.45. The first-order valence-corrected chi connectivity index (χ1v) is 5.56. The van der Waals surface area contributed by atoms with Crippen molar-refractivity contribution in [3.8, 4) is 5.75 Å². The van der Waals surface area contributed by atoms with Crippen molar-refractivity contribution in [2.45, 2.75) is 31.6 Å². The molecule has 0 aromatic heterocycles. The highest BCUT2D eigenvalue weighted by atomic mass is 19.1. The van der Waals surface area contributed by atoms with Crippen molar-refractivity contribution >= 4 is 5.78 Å². The van der Waals surface area contributed by atoms with Crippen LogP contribution < -0.4 is 4.74 Å². The third kappa shape index (κ3) is 2.23. The zero-order valence-corrected chi connectivity index (χ0v) is 9.33. The molecule has 1 aromatic rings. The lowest BCUT2D eigenvalue weighted by atomic mass is 9.83. The number of ether oxygens (including phenoxy) is 1. The van der Waals surface area contributed by atoms with Crippen molar-refractivity contribution in [3.05, 3.63) is 29.6 Å². The normalized spacial score (nSPS) is 20.9. The third-order valence-corrected chi connectivity index (χ3v) is 3.13. The second-order valence-corrected chi connectivity index (χ2v) is 4.23. The Morgan fingerprint density at radius 2 is 2.25 bits per heavy atom. The average Bonchev–Trinajstić information content (AvgIpc) is 2.29. The lowest BCUT2D eigenvalue weighted by Crippen LogP contribution is -2.13. The first kappa shape index (κ1) is 11.1. The lowest BCUT2D eigenvalue weighted by molar-refractivity contribution is -0.120. The van der Waals surface area contributed by atoms with Crippen molar-refractivity contribution in [2.24, 2.45) is 0 Å². The van der Waals surface area contributed by atoms with E-state index in [9.17, 15) is 9.18 Å². The van der Waals surface area contributed by atoms with E-state index in [4.69, 9.17) is 4.74 Å². The molecule has 86 valence electrons. The molecule has 0 spiro atoms. The van der Waals surface area contributed by atoms with Gasteiger partial charge in [-0.3, -0.25) is 4.79 Å². The van der Waals surface area contributed by atoms with Crippen molar-refractivity contribution in [1.29, 1.82) is 0 Å². The van der Waals surface area contributed by atoms with E-state index in [0.717, 1.165) is 18.4 Å². The van der Waals surface area contributed by atoms with Gasteiger partial charge >= 0.3 is 0 Å². The molecule has 1 unspecified atom stereocenters. The first-order valence-electron chi connectivity index (χ1n) is 5.56. The minimum absolute atomic E-state index is 0.182. The van der Waals surface area contributed by atoms with E-state index in [-0.39, 0.29) is 23.3 Å². The van der Waals surface area contributed by atoms with Crippen LogP contribution in [0.15, 0.2) is 18.2 Å². The maximum absolute atomic E-state index is 13.5. The van der Waals surface area contributed by atoms with Gasteiger partial charge in [0.15, 0.2) is 11.6 Å². The summed E-state index contributed by atoms with van der Waals surface area (Å²) < 4.78 is 18.4. The van der Waals surface area contributed by atoms with Gasteiger partial charge in [-0.05, 0) is 36.5 Å². The van der Waals surface area contributed by atoms with Crippen LogP contribution in [0.3, 0.4) is 0 Å². The average molecular weight is 222 g/mol. The fraction of sp³-hybridized carbons (Fsp3) is 0.462. The van der Waals surface area contributed by atoms with Crippen molar-refractivity contribution in [2.75, 3.05) is 7.11 Å². The Labute approximate surface area is 94.4 Å².